The second-order valence-corrected chi connectivity index (χ2v) is 3.77. The summed E-state index contributed by atoms with van der Waals surface area (Å²) in [6, 6.07) is 5.31. The Labute approximate surface area is 106 Å². The topological polar surface area (TPSA) is 89.1 Å². The number of aliphatic imine (C=N–C) groups is 1. The van der Waals surface area contributed by atoms with Crippen molar-refractivity contribution in [2.24, 2.45) is 10.7 Å². The standard InChI is InChI=1S/C12H19N3O3/c1-8(16)7-14-12(13)15-10-6-9(17-2)4-5-11(10)18-3/h4-6,8,16H,7H2,1-3H3,(H3,13,14,15). The van der Waals surface area contributed by atoms with Crippen LogP contribution in [0.15, 0.2) is 23.2 Å². The Balaban J connectivity index is 2.84. The van der Waals surface area contributed by atoms with Gasteiger partial charge in [0.1, 0.15) is 11.5 Å². The number of guanidine groups is 1. The lowest BCUT2D eigenvalue weighted by Crippen LogP contribution is -2.24. The number of nitrogens with one attached hydrogen (secondary N) is 1. The van der Waals surface area contributed by atoms with Crippen LogP contribution in [-0.2, 0) is 0 Å². The molecule has 1 rings (SSSR count). The summed E-state index contributed by atoms with van der Waals surface area (Å²) in [6.07, 6.45) is -0.530. The molecule has 1 aromatic rings. The summed E-state index contributed by atoms with van der Waals surface area (Å²) in [5.74, 6) is 1.52. The monoisotopic (exact) mass is 253 g/mol. The molecule has 0 aliphatic heterocycles. The van der Waals surface area contributed by atoms with Crippen molar-refractivity contribution in [1.29, 1.82) is 0 Å². The molecule has 1 unspecified atom stereocenters. The number of hydrogen-bond donors (Lipinski definition) is 3. The molecule has 4 N–H and O–H groups in total. The van der Waals surface area contributed by atoms with Gasteiger partial charge in [0.05, 0.1) is 32.6 Å². The largest absolute Gasteiger partial charge is 0.497 e. The van der Waals surface area contributed by atoms with Crippen LogP contribution < -0.4 is 20.5 Å². The van der Waals surface area contributed by atoms with E-state index in [0.717, 1.165) is 0 Å². The van der Waals surface area contributed by atoms with Gasteiger partial charge in [0, 0.05) is 6.07 Å². The van der Waals surface area contributed by atoms with Gasteiger partial charge < -0.3 is 25.6 Å². The molecule has 0 radical (unpaired) electrons. The van der Waals surface area contributed by atoms with E-state index in [1.165, 1.54) is 0 Å². The van der Waals surface area contributed by atoms with Crippen LogP contribution in [0.2, 0.25) is 0 Å². The maximum atomic E-state index is 9.12. The first-order valence-electron chi connectivity index (χ1n) is 5.54. The van der Waals surface area contributed by atoms with Crippen LogP contribution in [0.5, 0.6) is 11.5 Å². The molecule has 0 aliphatic rings. The lowest BCUT2D eigenvalue weighted by molar-refractivity contribution is 0.204. The minimum absolute atomic E-state index is 0.211. The number of nitrogens with zero attached hydrogens (tertiary/aromatic N) is 1. The van der Waals surface area contributed by atoms with Crippen molar-refractivity contribution in [3.63, 3.8) is 0 Å². The van der Waals surface area contributed by atoms with Gasteiger partial charge in [-0.3, -0.25) is 4.99 Å². The minimum atomic E-state index is -0.530. The highest BCUT2D eigenvalue weighted by Gasteiger charge is 2.06. The van der Waals surface area contributed by atoms with Crippen LogP contribution >= 0.6 is 0 Å². The van der Waals surface area contributed by atoms with E-state index >= 15 is 0 Å². The Bertz CT molecular complexity index is 419. The molecule has 1 atom stereocenters. The number of aliphatic hydroxyl groups is 1. The first-order chi connectivity index (χ1) is 8.56. The average Bonchev–Trinajstić information content (AvgIpc) is 2.36. The third-order valence-electron chi connectivity index (χ3n) is 2.20. The number of hydrogen-bond acceptors (Lipinski definition) is 4. The van der Waals surface area contributed by atoms with E-state index in [1.54, 1.807) is 39.3 Å². The van der Waals surface area contributed by atoms with Crippen LogP contribution in [0, 0.1) is 0 Å². The highest BCUT2D eigenvalue weighted by Crippen LogP contribution is 2.28. The van der Waals surface area contributed by atoms with Gasteiger partial charge in [-0.1, -0.05) is 0 Å². The average molecular weight is 253 g/mol. The van der Waals surface area contributed by atoms with Crippen LogP contribution in [0.4, 0.5) is 5.69 Å². The molecule has 0 saturated heterocycles. The molecule has 0 aliphatic carbocycles. The fourth-order valence-electron chi connectivity index (χ4n) is 1.32. The van der Waals surface area contributed by atoms with Crippen LogP contribution in [0.1, 0.15) is 6.92 Å². The Morgan fingerprint density at radius 3 is 2.72 bits per heavy atom. The molecule has 6 nitrogen and oxygen atoms in total. The zero-order valence-corrected chi connectivity index (χ0v) is 10.8. The Morgan fingerprint density at radius 2 is 2.17 bits per heavy atom. The van der Waals surface area contributed by atoms with Crippen LogP contribution in [0.25, 0.3) is 0 Å². The lowest BCUT2D eigenvalue weighted by Gasteiger charge is -2.12. The summed E-state index contributed by atoms with van der Waals surface area (Å²) in [5.41, 5.74) is 6.36. The molecule has 0 saturated carbocycles. The van der Waals surface area contributed by atoms with Gasteiger partial charge in [0.15, 0.2) is 5.96 Å². The van der Waals surface area contributed by atoms with E-state index in [2.05, 4.69) is 10.3 Å². The summed E-state index contributed by atoms with van der Waals surface area (Å²) >= 11 is 0. The number of ether oxygens (including phenoxy) is 2. The number of aliphatic hydroxyl groups excluding tert-OH is 1. The smallest absolute Gasteiger partial charge is 0.193 e. The summed E-state index contributed by atoms with van der Waals surface area (Å²) in [5, 5.41) is 12.0. The maximum absolute atomic E-state index is 9.12. The highest BCUT2D eigenvalue weighted by atomic mass is 16.5. The number of benzene rings is 1. The highest BCUT2D eigenvalue weighted by molar-refractivity contribution is 5.94. The summed E-state index contributed by atoms with van der Waals surface area (Å²) < 4.78 is 10.3. The third-order valence-corrected chi connectivity index (χ3v) is 2.20. The summed E-state index contributed by atoms with van der Waals surface area (Å²) in [6.45, 7) is 1.88. The molecule has 1 aromatic carbocycles. The zero-order valence-electron chi connectivity index (χ0n) is 10.8. The van der Waals surface area contributed by atoms with Crippen molar-refractivity contribution in [1.82, 2.24) is 0 Å². The van der Waals surface area contributed by atoms with Crippen molar-refractivity contribution in [2.45, 2.75) is 13.0 Å². The van der Waals surface area contributed by atoms with Gasteiger partial charge in [0.25, 0.3) is 0 Å². The Hall–Kier alpha value is -1.95. The van der Waals surface area contributed by atoms with Crippen molar-refractivity contribution in [3.05, 3.63) is 18.2 Å². The van der Waals surface area contributed by atoms with Crippen molar-refractivity contribution < 1.29 is 14.6 Å². The van der Waals surface area contributed by atoms with Gasteiger partial charge in [-0.15, -0.1) is 0 Å². The Morgan fingerprint density at radius 1 is 1.44 bits per heavy atom. The molecular weight excluding hydrogens is 234 g/mol. The number of anilines is 1. The van der Waals surface area contributed by atoms with E-state index in [0.29, 0.717) is 17.2 Å². The second-order valence-electron chi connectivity index (χ2n) is 3.77. The fourth-order valence-corrected chi connectivity index (χ4v) is 1.32. The predicted molar refractivity (Wildman–Crippen MR) is 71.3 cm³/mol. The molecule has 0 spiro atoms. The number of methoxy groups -OCH3 is 2. The van der Waals surface area contributed by atoms with Gasteiger partial charge in [-0.05, 0) is 19.1 Å². The van der Waals surface area contributed by atoms with E-state index in [-0.39, 0.29) is 12.5 Å². The molecule has 6 heteroatoms. The molecular formula is C12H19N3O3. The molecule has 0 aromatic heterocycles. The van der Waals surface area contributed by atoms with Crippen molar-refractivity contribution >= 4 is 11.6 Å². The lowest BCUT2D eigenvalue weighted by atomic mass is 10.2. The van der Waals surface area contributed by atoms with Crippen LogP contribution in [-0.4, -0.2) is 37.9 Å². The Kier molecular flexibility index (Phi) is 5.26. The third kappa shape index (κ3) is 4.14. The summed E-state index contributed by atoms with van der Waals surface area (Å²) in [7, 11) is 3.15. The van der Waals surface area contributed by atoms with Crippen LogP contribution in [0.3, 0.4) is 0 Å². The van der Waals surface area contributed by atoms with E-state index in [4.69, 9.17) is 20.3 Å². The molecule has 0 amide bonds. The van der Waals surface area contributed by atoms with E-state index < -0.39 is 6.10 Å². The number of rotatable bonds is 5. The van der Waals surface area contributed by atoms with Gasteiger partial charge in [-0.25, -0.2) is 0 Å². The summed E-state index contributed by atoms with van der Waals surface area (Å²) in [4.78, 5) is 3.99. The normalized spacial score (nSPS) is 13.0. The minimum Gasteiger partial charge on any atom is -0.497 e. The van der Waals surface area contributed by atoms with Crippen molar-refractivity contribution in [3.8, 4) is 11.5 Å². The molecule has 0 fully saturated rings. The first kappa shape index (κ1) is 14.1. The SMILES string of the molecule is COc1ccc(OC)c(NC(N)=NCC(C)O)c1. The fraction of sp³-hybridized carbons (Fsp3) is 0.417. The molecule has 0 heterocycles. The molecule has 0 bridgehead atoms. The molecule has 18 heavy (non-hydrogen) atoms. The van der Waals surface area contributed by atoms with Gasteiger partial charge >= 0.3 is 0 Å². The second kappa shape index (κ2) is 6.70. The maximum Gasteiger partial charge on any atom is 0.193 e. The van der Waals surface area contributed by atoms with Crippen molar-refractivity contribution in [2.75, 3.05) is 26.1 Å². The van der Waals surface area contributed by atoms with E-state index in [1.807, 2.05) is 0 Å². The van der Waals surface area contributed by atoms with E-state index in [9.17, 15) is 0 Å². The quantitative estimate of drug-likeness (QED) is 0.534. The first-order valence-corrected chi connectivity index (χ1v) is 5.54. The molecule has 100 valence electrons. The van der Waals surface area contributed by atoms with Gasteiger partial charge in [-0.2, -0.15) is 0 Å². The van der Waals surface area contributed by atoms with Gasteiger partial charge in [0.2, 0.25) is 0 Å². The number of nitrogens with two attached hydrogens (primary N) is 1. The zero-order chi connectivity index (χ0) is 13.5. The predicted octanol–water partition coefficient (Wildman–Crippen LogP) is 0.811.